The summed E-state index contributed by atoms with van der Waals surface area (Å²) < 4.78 is 4.72. The van der Waals surface area contributed by atoms with Crippen molar-refractivity contribution in [3.8, 4) is 0 Å². The van der Waals surface area contributed by atoms with Crippen LogP contribution in [0.4, 0.5) is 0 Å². The Labute approximate surface area is 154 Å². The second-order valence-electron chi connectivity index (χ2n) is 4.13. The summed E-state index contributed by atoms with van der Waals surface area (Å²) in [4.78, 5) is 25.9. The molecule has 4 nitrogen and oxygen atoms in total. The van der Waals surface area contributed by atoms with Crippen LogP contribution >= 0.6 is 0 Å². The predicted octanol–water partition coefficient (Wildman–Crippen LogP) is 1.93. The molecule has 0 atom stereocenters. The topological polar surface area (TPSA) is 59.2 Å². The summed E-state index contributed by atoms with van der Waals surface area (Å²) >= 11 is 0. The number of aromatic amines is 1. The zero-order chi connectivity index (χ0) is 13.0. The third kappa shape index (κ3) is 4.54. The number of nitrogens with one attached hydrogen (secondary N) is 1. The second kappa shape index (κ2) is 7.97. The van der Waals surface area contributed by atoms with Gasteiger partial charge in [-0.2, -0.15) is 0 Å². The second-order valence-corrected chi connectivity index (χ2v) is 4.13. The molecule has 1 heterocycles. The van der Waals surface area contributed by atoms with Crippen molar-refractivity contribution in [2.75, 3.05) is 0 Å². The summed E-state index contributed by atoms with van der Waals surface area (Å²) in [5, 5.41) is 0.984. The quantitative estimate of drug-likeness (QED) is 0.530. The Morgan fingerprint density at radius 2 is 1.95 bits per heavy atom. The number of carbonyl (C=O) groups is 2. The molecule has 0 unspecified atom stereocenters. The minimum atomic E-state index is -0.502. The van der Waals surface area contributed by atoms with Crippen LogP contribution in [0.5, 0.6) is 0 Å². The van der Waals surface area contributed by atoms with Gasteiger partial charge in [-0.1, -0.05) is 25.1 Å². The molecule has 1 aromatic carbocycles. The number of esters is 2. The summed E-state index contributed by atoms with van der Waals surface area (Å²) in [6.45, 7) is 1.87. The summed E-state index contributed by atoms with van der Waals surface area (Å²) in [6, 6.07) is 7.70. The van der Waals surface area contributed by atoms with Gasteiger partial charge in [0.25, 0.3) is 0 Å². The zero-order valence-electron chi connectivity index (χ0n) is 10.2. The molecule has 0 amide bonds. The number of benzene rings is 1. The molecule has 1 N–H and O–H groups in total. The van der Waals surface area contributed by atoms with E-state index in [0.29, 0.717) is 6.42 Å². The van der Waals surface area contributed by atoms with Crippen molar-refractivity contribution >= 4 is 74.2 Å². The molecule has 0 fully saturated rings. The molecule has 0 saturated carbocycles. The molecule has 96 valence electrons. The third-order valence-electron chi connectivity index (χ3n) is 2.69. The number of hydrogen-bond acceptors (Lipinski definition) is 3. The van der Waals surface area contributed by atoms with Crippen LogP contribution < -0.4 is 0 Å². The van der Waals surface area contributed by atoms with Crippen molar-refractivity contribution in [2.24, 2.45) is 0 Å². The first-order chi connectivity index (χ1) is 8.70. The number of aromatic nitrogens is 1. The van der Waals surface area contributed by atoms with E-state index >= 15 is 0 Å². The van der Waals surface area contributed by atoms with Crippen LogP contribution in [-0.4, -0.2) is 68.3 Å². The van der Waals surface area contributed by atoms with Gasteiger partial charge in [-0.3, -0.25) is 9.59 Å². The molecule has 0 spiro atoms. The Morgan fingerprint density at radius 3 is 2.68 bits per heavy atom. The monoisotopic (exact) mass is 285 g/mol. The summed E-state index contributed by atoms with van der Waals surface area (Å²) in [5.74, 6) is -0.958. The van der Waals surface area contributed by atoms with Gasteiger partial charge in [0.2, 0.25) is 0 Å². The molecule has 0 saturated heterocycles. The van der Waals surface area contributed by atoms with Gasteiger partial charge in [0.05, 0.1) is 6.42 Å². The number of ether oxygens (including phenoxy) is 1. The van der Waals surface area contributed by atoms with Gasteiger partial charge < -0.3 is 9.72 Å². The van der Waals surface area contributed by atoms with E-state index in [2.05, 4.69) is 4.98 Å². The van der Waals surface area contributed by atoms with Gasteiger partial charge in [-0.15, -0.1) is 0 Å². The number of fused-ring (bicyclic) bond motifs is 1. The van der Waals surface area contributed by atoms with E-state index in [4.69, 9.17) is 4.74 Å². The van der Waals surface area contributed by atoms with Crippen LogP contribution in [0.1, 0.15) is 25.3 Å². The number of para-hydroxylation sites is 1. The van der Waals surface area contributed by atoms with Gasteiger partial charge in [0, 0.05) is 23.5 Å². The van der Waals surface area contributed by atoms with Crippen molar-refractivity contribution < 1.29 is 14.3 Å². The summed E-state index contributed by atoms with van der Waals surface area (Å²) in [7, 11) is 0. The Balaban J connectivity index is 0.00000180. The molecule has 0 aliphatic carbocycles. The van der Waals surface area contributed by atoms with Crippen molar-refractivity contribution in [2.45, 2.75) is 26.2 Å². The Bertz CT molecular complexity index is 577. The van der Waals surface area contributed by atoms with Crippen molar-refractivity contribution in [1.82, 2.24) is 4.98 Å². The fourth-order valence-electron chi connectivity index (χ4n) is 1.85. The van der Waals surface area contributed by atoms with Gasteiger partial charge in [0.15, 0.2) is 0 Å². The molecule has 0 radical (unpaired) electrons. The van der Waals surface area contributed by atoms with Crippen molar-refractivity contribution in [1.29, 1.82) is 0 Å². The van der Waals surface area contributed by atoms with E-state index in [-0.39, 0.29) is 64.2 Å². The predicted molar refractivity (Wildman–Crippen MR) is 75.2 cm³/mol. The molecular weight excluding hydrogens is 269 g/mol. The number of H-pyrrole nitrogens is 1. The van der Waals surface area contributed by atoms with E-state index in [1.807, 2.05) is 31.2 Å². The molecule has 0 bridgehead atoms. The molecule has 2 rings (SSSR count). The summed E-state index contributed by atoms with van der Waals surface area (Å²) in [5.41, 5.74) is 1.82. The molecule has 1 aromatic heterocycles. The number of hydrogen-bond donors (Lipinski definition) is 1. The normalized spacial score (nSPS) is 9.95. The summed E-state index contributed by atoms with van der Waals surface area (Å²) in [6.07, 6.45) is 2.84. The van der Waals surface area contributed by atoms with Crippen LogP contribution in [0, 0.1) is 0 Å². The van der Waals surface area contributed by atoms with E-state index in [1.54, 1.807) is 6.20 Å². The Morgan fingerprint density at radius 1 is 1.21 bits per heavy atom. The van der Waals surface area contributed by atoms with E-state index < -0.39 is 11.9 Å². The SMILES string of the molecule is CCCC(=O)OC(=O)Cc1c[nH]c2ccccc12.[KH]. The molecule has 5 heteroatoms. The minimum absolute atomic E-state index is 0. The van der Waals surface area contributed by atoms with E-state index in [9.17, 15) is 9.59 Å². The third-order valence-corrected chi connectivity index (χ3v) is 2.69. The maximum absolute atomic E-state index is 11.6. The maximum atomic E-state index is 11.6. The van der Waals surface area contributed by atoms with Crippen LogP contribution in [0.2, 0.25) is 0 Å². The Hall–Kier alpha value is -0.464. The van der Waals surface area contributed by atoms with E-state index in [0.717, 1.165) is 16.5 Å². The number of rotatable bonds is 4. The van der Waals surface area contributed by atoms with Crippen LogP contribution in [-0.2, 0) is 20.7 Å². The Kier molecular flexibility index (Phi) is 6.96. The number of carbonyl (C=O) groups excluding carboxylic acids is 2. The fraction of sp³-hybridized carbons (Fsp3) is 0.286. The molecule has 2 aromatic rings. The van der Waals surface area contributed by atoms with Crippen LogP contribution in [0.15, 0.2) is 30.5 Å². The van der Waals surface area contributed by atoms with Crippen LogP contribution in [0.3, 0.4) is 0 Å². The van der Waals surface area contributed by atoms with Gasteiger partial charge in [-0.05, 0) is 18.1 Å². The molecule has 19 heavy (non-hydrogen) atoms. The van der Waals surface area contributed by atoms with Gasteiger partial charge >= 0.3 is 63.3 Å². The standard InChI is InChI=1S/C14H15NO3.K.H/c1-2-5-13(16)18-14(17)8-10-9-15-12-7-4-3-6-11(10)12;;/h3-4,6-7,9,15H,2,5,8H2,1H3;;. The fourth-order valence-corrected chi connectivity index (χ4v) is 1.85. The first kappa shape index (κ1) is 16.6. The first-order valence-corrected chi connectivity index (χ1v) is 5.99. The van der Waals surface area contributed by atoms with E-state index in [1.165, 1.54) is 0 Å². The van der Waals surface area contributed by atoms with Crippen molar-refractivity contribution in [3.63, 3.8) is 0 Å². The average molecular weight is 285 g/mol. The molecule has 0 aliphatic heterocycles. The molecule has 0 aliphatic rings. The van der Waals surface area contributed by atoms with Gasteiger partial charge in [0.1, 0.15) is 0 Å². The molecular formula is C14H16KNO3. The van der Waals surface area contributed by atoms with Crippen molar-refractivity contribution in [3.05, 3.63) is 36.0 Å². The first-order valence-electron chi connectivity index (χ1n) is 5.99. The van der Waals surface area contributed by atoms with Crippen LogP contribution in [0.25, 0.3) is 10.9 Å². The average Bonchev–Trinajstić information content (AvgIpc) is 2.73. The van der Waals surface area contributed by atoms with Gasteiger partial charge in [-0.25, -0.2) is 0 Å². The zero-order valence-corrected chi connectivity index (χ0v) is 10.2.